The summed E-state index contributed by atoms with van der Waals surface area (Å²) >= 11 is 0. The van der Waals surface area contributed by atoms with Crippen molar-refractivity contribution in [2.45, 2.75) is 46.8 Å². The number of fused-ring (bicyclic) bond motifs is 1. The molecule has 0 saturated carbocycles. The molecule has 0 N–H and O–H groups in total. The number of aliphatic imine (C=N–C) groups is 1. The summed E-state index contributed by atoms with van der Waals surface area (Å²) in [6, 6.07) is 6.38. The van der Waals surface area contributed by atoms with Gasteiger partial charge in [-0.15, -0.1) is 0 Å². The van der Waals surface area contributed by atoms with Crippen LogP contribution in [0.1, 0.15) is 51.8 Å². The smallest absolute Gasteiger partial charge is 0.489 e. The van der Waals surface area contributed by atoms with E-state index in [0.29, 0.717) is 11.8 Å². The zero-order chi connectivity index (χ0) is 14.9. The molecule has 1 unspecified atom stereocenters. The zero-order valence-electron chi connectivity index (χ0n) is 13.6. The summed E-state index contributed by atoms with van der Waals surface area (Å²) in [6.07, 6.45) is 0.204. The van der Waals surface area contributed by atoms with Crippen LogP contribution >= 0.6 is 0 Å². The first-order chi connectivity index (χ1) is 9.45. The van der Waals surface area contributed by atoms with Gasteiger partial charge in [0.15, 0.2) is 0 Å². The van der Waals surface area contributed by atoms with Crippen LogP contribution in [0.4, 0.5) is 0 Å². The number of rotatable bonds is 4. The van der Waals surface area contributed by atoms with Gasteiger partial charge in [0.2, 0.25) is 0 Å². The molecule has 0 aliphatic carbocycles. The summed E-state index contributed by atoms with van der Waals surface area (Å²) in [5, 5.41) is 4.60. The van der Waals surface area contributed by atoms with Crippen LogP contribution in [0.15, 0.2) is 23.2 Å². The minimum atomic E-state index is 0. The molecule has 1 aliphatic heterocycles. The van der Waals surface area contributed by atoms with Crippen molar-refractivity contribution in [3.05, 3.63) is 34.6 Å². The monoisotopic (exact) mass is 336 g/mol. The molecule has 1 aliphatic rings. The predicted octanol–water partition coefficient (Wildman–Crippen LogP) is 4.57. The van der Waals surface area contributed by atoms with Crippen LogP contribution in [0.2, 0.25) is 0 Å². The quantitative estimate of drug-likeness (QED) is 0.742. The third kappa shape index (κ3) is 3.61. The third-order valence-corrected chi connectivity index (χ3v) is 3.84. The number of benzene rings is 1. The molecule has 0 spiro atoms. The summed E-state index contributed by atoms with van der Waals surface area (Å²) in [5.41, 5.74) is 2.29. The third-order valence-electron chi connectivity index (χ3n) is 3.84. The molecule has 4 heteroatoms. The van der Waals surface area contributed by atoms with Crippen molar-refractivity contribution in [1.82, 2.24) is 0 Å². The van der Waals surface area contributed by atoms with Crippen LogP contribution in [-0.2, 0) is 17.1 Å². The minimum Gasteiger partial charge on any atom is -0.489 e. The van der Waals surface area contributed by atoms with Crippen LogP contribution in [0.25, 0.3) is 5.32 Å². The van der Waals surface area contributed by atoms with Gasteiger partial charge in [-0.05, 0) is 29.5 Å². The molecular weight excluding hydrogens is 312 g/mol. The Bertz CT molecular complexity index is 504. The first kappa shape index (κ1) is 18.1. The first-order valence-corrected chi connectivity index (χ1v) is 7.43. The number of amidine groups is 1. The largest absolute Gasteiger partial charge is 1.00 e. The number of hydrogen-bond donors (Lipinski definition) is 0. The van der Waals surface area contributed by atoms with Crippen LogP contribution < -0.4 is 4.74 Å². The maximum atomic E-state index is 6.32. The van der Waals surface area contributed by atoms with Crippen molar-refractivity contribution >= 4 is 5.84 Å². The normalized spacial score (nSPS) is 18.9. The van der Waals surface area contributed by atoms with E-state index in [-0.39, 0.29) is 29.2 Å². The van der Waals surface area contributed by atoms with E-state index in [1.165, 1.54) is 5.56 Å². The fraction of sp³-hybridized carbons (Fsp3) is 0.588. The Kier molecular flexibility index (Phi) is 6.30. The van der Waals surface area contributed by atoms with Crippen molar-refractivity contribution in [2.24, 2.45) is 16.8 Å². The molecular formula is C17H25CuN2O. The van der Waals surface area contributed by atoms with E-state index in [1.54, 1.807) is 7.05 Å². The summed E-state index contributed by atoms with van der Waals surface area (Å²) in [4.78, 5) is 4.31. The van der Waals surface area contributed by atoms with Gasteiger partial charge in [0.05, 0.1) is 0 Å². The topological polar surface area (TPSA) is 35.7 Å². The van der Waals surface area contributed by atoms with E-state index >= 15 is 0 Å². The fourth-order valence-electron chi connectivity index (χ4n) is 2.91. The second-order valence-electron chi connectivity index (χ2n) is 6.14. The van der Waals surface area contributed by atoms with Gasteiger partial charge in [0.1, 0.15) is 11.9 Å². The van der Waals surface area contributed by atoms with Crippen molar-refractivity contribution in [3.63, 3.8) is 0 Å². The van der Waals surface area contributed by atoms with Crippen molar-refractivity contribution in [2.75, 3.05) is 7.05 Å². The van der Waals surface area contributed by atoms with Gasteiger partial charge >= 0.3 is 17.1 Å². The van der Waals surface area contributed by atoms with Gasteiger partial charge in [-0.1, -0.05) is 59.6 Å². The first-order valence-electron chi connectivity index (χ1n) is 7.43. The van der Waals surface area contributed by atoms with Crippen LogP contribution in [0.3, 0.4) is 0 Å². The fourth-order valence-corrected chi connectivity index (χ4v) is 2.91. The standard InChI is InChI=1S/C17H25N2O.Cu/c1-10(2)16(11(3)4)20-14-9-7-8-13-12(5)19-17(18-6)15(13)14;/h7-12,16H,1-6H3;/q-1;+1. The molecule has 0 aromatic heterocycles. The van der Waals surface area contributed by atoms with Crippen LogP contribution in [0.5, 0.6) is 5.75 Å². The van der Waals surface area contributed by atoms with Crippen LogP contribution in [-0.4, -0.2) is 19.0 Å². The zero-order valence-corrected chi connectivity index (χ0v) is 14.6. The van der Waals surface area contributed by atoms with Gasteiger partial charge in [-0.2, -0.15) is 0 Å². The number of nitrogens with zero attached hydrogens (tertiary/aromatic N) is 2. The van der Waals surface area contributed by atoms with Crippen molar-refractivity contribution in [1.29, 1.82) is 0 Å². The second kappa shape index (κ2) is 7.33. The second-order valence-corrected chi connectivity index (χ2v) is 6.14. The SMILES string of the molecule is CN=C1[N-]C(C)c2cccc(OC(C(C)C)C(C)C)c21.[Cu+]. The van der Waals surface area contributed by atoms with Crippen LogP contribution in [0, 0.1) is 11.8 Å². The molecule has 1 heterocycles. The molecule has 0 fully saturated rings. The Balaban J connectivity index is 0.00000220. The molecule has 1 aromatic carbocycles. The van der Waals surface area contributed by atoms with Gasteiger partial charge < -0.3 is 15.0 Å². The average Bonchev–Trinajstić information content (AvgIpc) is 2.73. The van der Waals surface area contributed by atoms with E-state index in [4.69, 9.17) is 4.74 Å². The summed E-state index contributed by atoms with van der Waals surface area (Å²) in [5.74, 6) is 2.69. The Labute approximate surface area is 139 Å². The Morgan fingerprint density at radius 2 is 1.76 bits per heavy atom. The maximum Gasteiger partial charge on any atom is 1.00 e. The van der Waals surface area contributed by atoms with Gasteiger partial charge in [-0.3, -0.25) is 0 Å². The molecule has 3 nitrogen and oxygen atoms in total. The Hall–Kier alpha value is -0.991. The summed E-state index contributed by atoms with van der Waals surface area (Å²) < 4.78 is 6.32. The molecule has 1 atom stereocenters. The summed E-state index contributed by atoms with van der Waals surface area (Å²) in [6.45, 7) is 10.9. The van der Waals surface area contributed by atoms with E-state index in [9.17, 15) is 0 Å². The van der Waals surface area contributed by atoms with Gasteiger partial charge in [0, 0.05) is 5.56 Å². The van der Waals surface area contributed by atoms with E-state index < -0.39 is 0 Å². The molecule has 0 radical (unpaired) electrons. The molecule has 120 valence electrons. The maximum absolute atomic E-state index is 6.32. The molecule has 2 rings (SSSR count). The molecule has 0 saturated heterocycles. The average molecular weight is 337 g/mol. The number of ether oxygens (including phenoxy) is 1. The van der Waals surface area contributed by atoms with Crippen molar-refractivity contribution < 1.29 is 21.8 Å². The predicted molar refractivity (Wildman–Crippen MR) is 84.8 cm³/mol. The summed E-state index contributed by atoms with van der Waals surface area (Å²) in [7, 11) is 1.79. The Morgan fingerprint density at radius 3 is 2.29 bits per heavy atom. The molecule has 21 heavy (non-hydrogen) atoms. The minimum absolute atomic E-state index is 0. The molecule has 1 aromatic rings. The van der Waals surface area contributed by atoms with E-state index in [2.05, 4.69) is 57.1 Å². The van der Waals surface area contributed by atoms with Gasteiger partial charge in [-0.25, -0.2) is 0 Å². The van der Waals surface area contributed by atoms with E-state index in [1.807, 2.05) is 6.07 Å². The Morgan fingerprint density at radius 1 is 1.14 bits per heavy atom. The number of hydrogen-bond acceptors (Lipinski definition) is 2. The van der Waals surface area contributed by atoms with E-state index in [0.717, 1.165) is 17.1 Å². The molecule has 0 bridgehead atoms. The molecule has 0 amide bonds. The van der Waals surface area contributed by atoms with Gasteiger partial charge in [0.25, 0.3) is 0 Å². The van der Waals surface area contributed by atoms with Crippen molar-refractivity contribution in [3.8, 4) is 5.75 Å².